The zero-order valence-electron chi connectivity index (χ0n) is 9.25. The molecule has 15 heavy (non-hydrogen) atoms. The molecule has 1 fully saturated rings. The van der Waals surface area contributed by atoms with Crippen LogP contribution in [-0.4, -0.2) is 25.1 Å². The fourth-order valence-electron chi connectivity index (χ4n) is 1.94. The molecule has 0 spiro atoms. The summed E-state index contributed by atoms with van der Waals surface area (Å²) >= 11 is 1.81. The van der Waals surface area contributed by atoms with Gasteiger partial charge in [-0.1, -0.05) is 0 Å². The van der Waals surface area contributed by atoms with E-state index in [4.69, 9.17) is 4.98 Å². The minimum absolute atomic E-state index is 0.535. The number of rotatable bonds is 5. The number of nitrogens with one attached hydrogen (secondary N) is 2. The van der Waals surface area contributed by atoms with Gasteiger partial charge >= 0.3 is 0 Å². The van der Waals surface area contributed by atoms with Crippen LogP contribution in [-0.2, 0) is 6.42 Å². The smallest absolute Gasteiger partial charge is 0.110 e. The Morgan fingerprint density at radius 3 is 3.33 bits per heavy atom. The van der Waals surface area contributed by atoms with E-state index in [0.29, 0.717) is 6.04 Å². The molecule has 1 atom stereocenters. The second-order valence-electron chi connectivity index (χ2n) is 4.03. The SMILES string of the molecule is CNCCCc1csc(C2CCCN2)n1. The fourth-order valence-corrected chi connectivity index (χ4v) is 2.90. The van der Waals surface area contributed by atoms with Crippen molar-refractivity contribution in [3.8, 4) is 0 Å². The molecule has 1 aromatic heterocycles. The van der Waals surface area contributed by atoms with Crippen molar-refractivity contribution < 1.29 is 0 Å². The maximum Gasteiger partial charge on any atom is 0.110 e. The van der Waals surface area contributed by atoms with E-state index in [1.807, 2.05) is 18.4 Å². The minimum Gasteiger partial charge on any atom is -0.320 e. The van der Waals surface area contributed by atoms with Crippen LogP contribution in [0.1, 0.15) is 36.0 Å². The second kappa shape index (κ2) is 5.58. The van der Waals surface area contributed by atoms with Gasteiger partial charge in [-0.05, 0) is 45.8 Å². The van der Waals surface area contributed by atoms with Crippen LogP contribution in [0.3, 0.4) is 0 Å². The summed E-state index contributed by atoms with van der Waals surface area (Å²) in [6.07, 6.45) is 4.82. The Bertz CT molecular complexity index is 292. The Labute approximate surface area is 95.3 Å². The molecule has 0 aliphatic carbocycles. The van der Waals surface area contributed by atoms with Gasteiger partial charge in [-0.15, -0.1) is 11.3 Å². The van der Waals surface area contributed by atoms with Crippen LogP contribution in [0.25, 0.3) is 0 Å². The quantitative estimate of drug-likeness (QED) is 0.749. The first-order chi connectivity index (χ1) is 7.40. The summed E-state index contributed by atoms with van der Waals surface area (Å²) in [5.41, 5.74) is 1.26. The third-order valence-corrected chi connectivity index (χ3v) is 3.79. The molecule has 1 aliphatic heterocycles. The topological polar surface area (TPSA) is 37.0 Å². The lowest BCUT2D eigenvalue weighted by Gasteiger charge is -2.04. The molecule has 0 saturated carbocycles. The lowest BCUT2D eigenvalue weighted by atomic mass is 10.2. The Hall–Kier alpha value is -0.450. The predicted molar refractivity (Wildman–Crippen MR) is 64.3 cm³/mol. The molecule has 84 valence electrons. The first kappa shape index (κ1) is 11.0. The highest BCUT2D eigenvalue weighted by molar-refractivity contribution is 7.09. The van der Waals surface area contributed by atoms with Gasteiger partial charge in [0.1, 0.15) is 5.01 Å². The van der Waals surface area contributed by atoms with Gasteiger partial charge in [-0.3, -0.25) is 0 Å². The van der Waals surface area contributed by atoms with Crippen LogP contribution >= 0.6 is 11.3 Å². The maximum atomic E-state index is 4.69. The summed E-state index contributed by atoms with van der Waals surface area (Å²) in [5.74, 6) is 0. The van der Waals surface area contributed by atoms with E-state index in [1.54, 1.807) is 0 Å². The zero-order valence-corrected chi connectivity index (χ0v) is 10.1. The lowest BCUT2D eigenvalue weighted by molar-refractivity contribution is 0.637. The monoisotopic (exact) mass is 225 g/mol. The Kier molecular flexibility index (Phi) is 4.11. The molecule has 1 aliphatic rings. The third-order valence-electron chi connectivity index (χ3n) is 2.79. The summed E-state index contributed by atoms with van der Waals surface area (Å²) in [5, 5.41) is 10.1. The lowest BCUT2D eigenvalue weighted by Crippen LogP contribution is -2.12. The number of hydrogen-bond donors (Lipinski definition) is 2. The van der Waals surface area contributed by atoms with E-state index in [1.165, 1.54) is 30.0 Å². The van der Waals surface area contributed by atoms with Gasteiger partial charge in [-0.2, -0.15) is 0 Å². The summed E-state index contributed by atoms with van der Waals surface area (Å²) in [6.45, 7) is 2.23. The molecular formula is C11H19N3S. The van der Waals surface area contributed by atoms with Crippen molar-refractivity contribution in [3.63, 3.8) is 0 Å². The highest BCUT2D eigenvalue weighted by Gasteiger charge is 2.18. The van der Waals surface area contributed by atoms with Crippen LogP contribution < -0.4 is 10.6 Å². The molecule has 2 heterocycles. The molecular weight excluding hydrogens is 206 g/mol. The predicted octanol–water partition coefficient (Wildman–Crippen LogP) is 1.72. The van der Waals surface area contributed by atoms with Crippen molar-refractivity contribution in [2.75, 3.05) is 20.1 Å². The van der Waals surface area contributed by atoms with Crippen LogP contribution in [0.4, 0.5) is 0 Å². The summed E-state index contributed by atoms with van der Waals surface area (Å²) in [7, 11) is 1.99. The number of aromatic nitrogens is 1. The minimum atomic E-state index is 0.535. The number of nitrogens with zero attached hydrogens (tertiary/aromatic N) is 1. The molecule has 0 aromatic carbocycles. The van der Waals surface area contributed by atoms with Crippen molar-refractivity contribution >= 4 is 11.3 Å². The second-order valence-corrected chi connectivity index (χ2v) is 4.92. The average Bonchev–Trinajstić information content (AvgIpc) is 2.87. The van der Waals surface area contributed by atoms with E-state index in [9.17, 15) is 0 Å². The van der Waals surface area contributed by atoms with Crippen LogP contribution in [0.2, 0.25) is 0 Å². The largest absolute Gasteiger partial charge is 0.320 e. The van der Waals surface area contributed by atoms with Gasteiger partial charge in [0, 0.05) is 5.38 Å². The van der Waals surface area contributed by atoms with Crippen LogP contribution in [0.15, 0.2) is 5.38 Å². The number of aryl methyl sites for hydroxylation is 1. The highest BCUT2D eigenvalue weighted by atomic mass is 32.1. The van der Waals surface area contributed by atoms with Crippen LogP contribution in [0, 0.1) is 0 Å². The summed E-state index contributed by atoms with van der Waals surface area (Å²) in [6, 6.07) is 0.535. The van der Waals surface area contributed by atoms with Crippen molar-refractivity contribution in [2.24, 2.45) is 0 Å². The number of hydrogen-bond acceptors (Lipinski definition) is 4. The van der Waals surface area contributed by atoms with E-state index in [-0.39, 0.29) is 0 Å². The fraction of sp³-hybridized carbons (Fsp3) is 0.727. The molecule has 1 saturated heterocycles. The summed E-state index contributed by atoms with van der Waals surface area (Å²) in [4.78, 5) is 4.69. The summed E-state index contributed by atoms with van der Waals surface area (Å²) < 4.78 is 0. The molecule has 1 aromatic rings. The van der Waals surface area contributed by atoms with Gasteiger partial charge in [0.05, 0.1) is 11.7 Å². The molecule has 1 unspecified atom stereocenters. The van der Waals surface area contributed by atoms with Crippen LogP contribution in [0.5, 0.6) is 0 Å². The van der Waals surface area contributed by atoms with Gasteiger partial charge in [0.2, 0.25) is 0 Å². The van der Waals surface area contributed by atoms with E-state index in [0.717, 1.165) is 19.5 Å². The van der Waals surface area contributed by atoms with E-state index in [2.05, 4.69) is 16.0 Å². The van der Waals surface area contributed by atoms with Gasteiger partial charge in [0.15, 0.2) is 0 Å². The van der Waals surface area contributed by atoms with E-state index < -0.39 is 0 Å². The zero-order chi connectivity index (χ0) is 10.5. The molecule has 0 bridgehead atoms. The Balaban J connectivity index is 1.86. The van der Waals surface area contributed by atoms with Gasteiger partial charge < -0.3 is 10.6 Å². The Morgan fingerprint density at radius 1 is 1.67 bits per heavy atom. The van der Waals surface area contributed by atoms with Crippen molar-refractivity contribution in [2.45, 2.75) is 31.7 Å². The molecule has 0 radical (unpaired) electrons. The first-order valence-electron chi connectivity index (χ1n) is 5.72. The molecule has 4 heteroatoms. The Morgan fingerprint density at radius 2 is 2.60 bits per heavy atom. The van der Waals surface area contributed by atoms with Gasteiger partial charge in [-0.25, -0.2) is 4.98 Å². The normalized spacial score (nSPS) is 21.0. The molecule has 2 rings (SSSR count). The average molecular weight is 225 g/mol. The third kappa shape index (κ3) is 3.00. The molecule has 0 amide bonds. The number of thiazole rings is 1. The van der Waals surface area contributed by atoms with E-state index >= 15 is 0 Å². The van der Waals surface area contributed by atoms with Crippen molar-refractivity contribution in [3.05, 3.63) is 16.1 Å². The standard InChI is InChI=1S/C11H19N3S/c1-12-6-2-4-9-8-15-11(14-9)10-5-3-7-13-10/h8,10,12-13H,2-7H2,1H3. The van der Waals surface area contributed by atoms with Gasteiger partial charge in [0.25, 0.3) is 0 Å². The first-order valence-corrected chi connectivity index (χ1v) is 6.60. The highest BCUT2D eigenvalue weighted by Crippen LogP contribution is 2.26. The maximum absolute atomic E-state index is 4.69. The van der Waals surface area contributed by atoms with Crippen molar-refractivity contribution in [1.82, 2.24) is 15.6 Å². The van der Waals surface area contributed by atoms with Crippen molar-refractivity contribution in [1.29, 1.82) is 0 Å². The molecule has 3 nitrogen and oxygen atoms in total. The molecule has 2 N–H and O–H groups in total.